The fourth-order valence-corrected chi connectivity index (χ4v) is 3.87. The van der Waals surface area contributed by atoms with Gasteiger partial charge in [-0.05, 0) is 44.0 Å². The van der Waals surface area contributed by atoms with Crippen molar-refractivity contribution in [2.75, 3.05) is 24.5 Å². The second kappa shape index (κ2) is 9.04. The predicted octanol–water partition coefficient (Wildman–Crippen LogP) is 3.22. The lowest BCUT2D eigenvalue weighted by Crippen LogP contribution is -2.35. The molecule has 4 aromatic rings. The van der Waals surface area contributed by atoms with E-state index in [4.69, 9.17) is 0 Å². The fourth-order valence-electron chi connectivity index (χ4n) is 3.87. The Kier molecular flexibility index (Phi) is 6.02. The lowest BCUT2D eigenvalue weighted by atomic mass is 10.2. The molecule has 2 aromatic carbocycles. The van der Waals surface area contributed by atoms with Gasteiger partial charge in [-0.1, -0.05) is 30.3 Å². The number of carbonyl (C=O) groups excluding carboxylic acids is 1. The molecule has 0 unspecified atom stereocenters. The van der Waals surface area contributed by atoms with Gasteiger partial charge in [0.15, 0.2) is 0 Å². The number of fused-ring (bicyclic) bond motifs is 3. The summed E-state index contributed by atoms with van der Waals surface area (Å²) in [7, 11) is 0. The maximum absolute atomic E-state index is 12.8. The molecule has 7 heteroatoms. The number of nitrogens with one attached hydrogen (secondary N) is 2. The molecule has 0 aliphatic rings. The number of nitrogens with zero attached hydrogens (tertiary/aromatic N) is 3. The highest BCUT2D eigenvalue weighted by molar-refractivity contribution is 6.06. The molecule has 2 aromatic heterocycles. The SMILES string of the molecule is CCN(CCCNC(=O)Cn1ncc2c([nH]c3ccccc32)c1=O)c1cccc(C)c1. The molecule has 0 spiro atoms. The van der Waals surface area contributed by atoms with E-state index in [9.17, 15) is 9.59 Å². The molecule has 0 bridgehead atoms. The van der Waals surface area contributed by atoms with Crippen molar-refractivity contribution < 1.29 is 4.79 Å². The summed E-state index contributed by atoms with van der Waals surface area (Å²) in [6.07, 6.45) is 2.46. The van der Waals surface area contributed by atoms with Crippen LogP contribution in [0.5, 0.6) is 0 Å². The molecule has 2 heterocycles. The Labute approximate surface area is 180 Å². The van der Waals surface area contributed by atoms with Crippen molar-refractivity contribution in [3.05, 3.63) is 70.6 Å². The highest BCUT2D eigenvalue weighted by Gasteiger charge is 2.12. The van der Waals surface area contributed by atoms with Gasteiger partial charge in [-0.15, -0.1) is 0 Å². The second-order valence-electron chi connectivity index (χ2n) is 7.69. The zero-order valence-electron chi connectivity index (χ0n) is 17.9. The normalized spacial score (nSPS) is 11.2. The minimum Gasteiger partial charge on any atom is -0.372 e. The highest BCUT2D eigenvalue weighted by Crippen LogP contribution is 2.21. The number of aromatic nitrogens is 3. The Morgan fingerprint density at radius 3 is 2.81 bits per heavy atom. The van der Waals surface area contributed by atoms with Crippen molar-refractivity contribution in [1.29, 1.82) is 0 Å². The number of amides is 1. The van der Waals surface area contributed by atoms with Gasteiger partial charge in [-0.2, -0.15) is 5.10 Å². The minimum absolute atomic E-state index is 0.0977. The molecule has 0 radical (unpaired) electrons. The number of benzene rings is 2. The van der Waals surface area contributed by atoms with Crippen LogP contribution in [0.25, 0.3) is 21.8 Å². The first-order valence-corrected chi connectivity index (χ1v) is 10.6. The second-order valence-corrected chi connectivity index (χ2v) is 7.69. The zero-order valence-corrected chi connectivity index (χ0v) is 17.9. The molecular weight excluding hydrogens is 390 g/mol. The van der Waals surface area contributed by atoms with Crippen LogP contribution >= 0.6 is 0 Å². The molecule has 31 heavy (non-hydrogen) atoms. The molecule has 0 aliphatic carbocycles. The molecule has 4 rings (SSSR count). The summed E-state index contributed by atoms with van der Waals surface area (Å²) >= 11 is 0. The lowest BCUT2D eigenvalue weighted by Gasteiger charge is -2.23. The number of hydrogen-bond acceptors (Lipinski definition) is 4. The van der Waals surface area contributed by atoms with Crippen LogP contribution in [0.4, 0.5) is 5.69 Å². The first-order chi connectivity index (χ1) is 15.1. The third-order valence-corrected chi connectivity index (χ3v) is 5.49. The van der Waals surface area contributed by atoms with Crippen molar-refractivity contribution in [1.82, 2.24) is 20.1 Å². The van der Waals surface area contributed by atoms with Gasteiger partial charge < -0.3 is 15.2 Å². The van der Waals surface area contributed by atoms with E-state index in [1.807, 2.05) is 24.3 Å². The summed E-state index contributed by atoms with van der Waals surface area (Å²) in [5.74, 6) is -0.219. The van der Waals surface area contributed by atoms with E-state index >= 15 is 0 Å². The third-order valence-electron chi connectivity index (χ3n) is 5.49. The van der Waals surface area contributed by atoms with Gasteiger partial charge in [0.05, 0.1) is 6.20 Å². The van der Waals surface area contributed by atoms with Crippen LogP contribution in [0, 0.1) is 6.92 Å². The summed E-state index contributed by atoms with van der Waals surface area (Å²) in [6, 6.07) is 16.1. The van der Waals surface area contributed by atoms with E-state index in [1.165, 1.54) is 15.9 Å². The molecule has 0 fully saturated rings. The Morgan fingerprint density at radius 2 is 2.00 bits per heavy atom. The maximum atomic E-state index is 12.8. The molecule has 160 valence electrons. The van der Waals surface area contributed by atoms with Gasteiger partial charge >= 0.3 is 0 Å². The van der Waals surface area contributed by atoms with Crippen molar-refractivity contribution in [3.8, 4) is 0 Å². The van der Waals surface area contributed by atoms with Crippen LogP contribution in [0.1, 0.15) is 18.9 Å². The Morgan fingerprint density at radius 1 is 1.16 bits per heavy atom. The standard InChI is InChI=1S/C24H27N5O2/c1-3-28(18-9-6-8-17(2)14-18)13-7-12-25-22(30)16-29-24(31)23-20(15-26-29)19-10-4-5-11-21(19)27-23/h4-6,8-11,14-15,27H,3,7,12-13,16H2,1-2H3,(H,25,30). The number of aromatic amines is 1. The van der Waals surface area contributed by atoms with E-state index in [1.54, 1.807) is 6.20 Å². The fraction of sp³-hybridized carbons (Fsp3) is 0.292. The van der Waals surface area contributed by atoms with Crippen LogP contribution in [0.2, 0.25) is 0 Å². The highest BCUT2D eigenvalue weighted by atomic mass is 16.2. The average molecular weight is 418 g/mol. The summed E-state index contributed by atoms with van der Waals surface area (Å²) in [6.45, 7) is 6.41. The molecule has 2 N–H and O–H groups in total. The maximum Gasteiger partial charge on any atom is 0.291 e. The van der Waals surface area contributed by atoms with Crippen LogP contribution in [-0.4, -0.2) is 40.3 Å². The van der Waals surface area contributed by atoms with Crippen LogP contribution in [-0.2, 0) is 11.3 Å². The first-order valence-electron chi connectivity index (χ1n) is 10.6. The van der Waals surface area contributed by atoms with Crippen molar-refractivity contribution in [3.63, 3.8) is 0 Å². The number of H-pyrrole nitrogens is 1. The predicted molar refractivity (Wildman–Crippen MR) is 125 cm³/mol. The molecule has 0 saturated carbocycles. The van der Waals surface area contributed by atoms with Gasteiger partial charge in [0.2, 0.25) is 5.91 Å². The summed E-state index contributed by atoms with van der Waals surface area (Å²) in [4.78, 5) is 30.6. The van der Waals surface area contributed by atoms with E-state index in [0.29, 0.717) is 12.1 Å². The Balaban J connectivity index is 1.34. The van der Waals surface area contributed by atoms with E-state index in [0.717, 1.165) is 35.8 Å². The van der Waals surface area contributed by atoms with E-state index in [2.05, 4.69) is 58.4 Å². The number of rotatable bonds is 8. The van der Waals surface area contributed by atoms with Gasteiger partial charge in [-0.3, -0.25) is 9.59 Å². The van der Waals surface area contributed by atoms with Gasteiger partial charge in [0, 0.05) is 41.6 Å². The number of aryl methyl sites for hydroxylation is 1. The molecule has 1 amide bonds. The minimum atomic E-state index is -0.291. The molecule has 7 nitrogen and oxygen atoms in total. The smallest absolute Gasteiger partial charge is 0.291 e. The first kappa shape index (κ1) is 20.7. The van der Waals surface area contributed by atoms with Gasteiger partial charge in [0.25, 0.3) is 5.56 Å². The number of anilines is 1. The van der Waals surface area contributed by atoms with Crippen molar-refractivity contribution >= 4 is 33.4 Å². The monoisotopic (exact) mass is 417 g/mol. The van der Waals surface area contributed by atoms with Gasteiger partial charge in [-0.25, -0.2) is 4.68 Å². The largest absolute Gasteiger partial charge is 0.372 e. The quantitative estimate of drug-likeness (QED) is 0.431. The average Bonchev–Trinajstić information content (AvgIpc) is 3.15. The summed E-state index contributed by atoms with van der Waals surface area (Å²) in [5.41, 5.74) is 3.49. The van der Waals surface area contributed by atoms with E-state index < -0.39 is 0 Å². The Hall–Kier alpha value is -3.61. The third kappa shape index (κ3) is 4.45. The van der Waals surface area contributed by atoms with Crippen molar-refractivity contribution in [2.24, 2.45) is 0 Å². The molecule has 0 saturated heterocycles. The number of hydrogen-bond donors (Lipinski definition) is 2. The molecule has 0 aliphatic heterocycles. The lowest BCUT2D eigenvalue weighted by molar-refractivity contribution is -0.121. The number of para-hydroxylation sites is 1. The number of carbonyl (C=O) groups is 1. The zero-order chi connectivity index (χ0) is 21.8. The molecular formula is C24H27N5O2. The molecule has 0 atom stereocenters. The summed E-state index contributed by atoms with van der Waals surface area (Å²) < 4.78 is 1.21. The summed E-state index contributed by atoms with van der Waals surface area (Å²) in [5, 5.41) is 8.82. The van der Waals surface area contributed by atoms with Crippen LogP contribution < -0.4 is 15.8 Å². The van der Waals surface area contributed by atoms with Crippen molar-refractivity contribution in [2.45, 2.75) is 26.8 Å². The topological polar surface area (TPSA) is 83.0 Å². The van der Waals surface area contributed by atoms with Crippen LogP contribution in [0.15, 0.2) is 59.5 Å². The van der Waals surface area contributed by atoms with Crippen LogP contribution in [0.3, 0.4) is 0 Å². The Bertz CT molecular complexity index is 1270. The van der Waals surface area contributed by atoms with Gasteiger partial charge in [0.1, 0.15) is 12.1 Å². The van der Waals surface area contributed by atoms with E-state index in [-0.39, 0.29) is 18.0 Å².